The van der Waals surface area contributed by atoms with Crippen molar-refractivity contribution in [2.45, 2.75) is 19.3 Å². The number of carbonyl (C=O) groups excluding carboxylic acids is 1. The summed E-state index contributed by atoms with van der Waals surface area (Å²) in [5.74, 6) is 0.164. The molecule has 3 heteroatoms. The van der Waals surface area contributed by atoms with Gasteiger partial charge in [-0.15, -0.1) is 0 Å². The molecule has 1 fully saturated rings. The predicted molar refractivity (Wildman–Crippen MR) is 70.3 cm³/mol. The van der Waals surface area contributed by atoms with Gasteiger partial charge in [-0.25, -0.2) is 0 Å². The number of benzene rings is 1. The summed E-state index contributed by atoms with van der Waals surface area (Å²) in [6.45, 7) is 2.24. The molecule has 17 heavy (non-hydrogen) atoms. The zero-order valence-electron chi connectivity index (χ0n) is 10.6. The highest BCUT2D eigenvalue weighted by molar-refractivity contribution is 5.80. The van der Waals surface area contributed by atoms with Crippen molar-refractivity contribution in [1.29, 1.82) is 0 Å². The number of carbonyl (C=O) groups is 1. The molecule has 92 valence electrons. The molecule has 0 aliphatic carbocycles. The van der Waals surface area contributed by atoms with Gasteiger partial charge in [-0.1, -0.05) is 18.2 Å². The minimum Gasteiger partial charge on any atom is -0.371 e. The topological polar surface area (TPSA) is 23.6 Å². The maximum atomic E-state index is 11.8. The second-order valence-corrected chi connectivity index (χ2v) is 4.79. The molecule has 0 bridgehead atoms. The number of likely N-dealkylation sites (N-methyl/N-ethyl adjacent to an activating group) is 1. The van der Waals surface area contributed by atoms with Crippen molar-refractivity contribution in [3.63, 3.8) is 0 Å². The smallest absolute Gasteiger partial charge is 0.226 e. The van der Waals surface area contributed by atoms with Gasteiger partial charge in [-0.3, -0.25) is 4.79 Å². The van der Waals surface area contributed by atoms with Crippen molar-refractivity contribution in [3.8, 4) is 0 Å². The van der Waals surface area contributed by atoms with E-state index in [0.717, 1.165) is 18.7 Å². The van der Waals surface area contributed by atoms with E-state index in [2.05, 4.69) is 23.1 Å². The standard InChI is InChI=1S/C14H20N2O/c1-15(2)14(17)11-12-7-3-4-8-13(12)16-9-5-6-10-16/h3-4,7-8H,5-6,9-11H2,1-2H3. The van der Waals surface area contributed by atoms with Crippen molar-refractivity contribution in [1.82, 2.24) is 4.90 Å². The third-order valence-corrected chi connectivity index (χ3v) is 3.28. The van der Waals surface area contributed by atoms with Crippen LogP contribution in [-0.4, -0.2) is 38.0 Å². The fourth-order valence-electron chi connectivity index (χ4n) is 2.25. The molecule has 0 N–H and O–H groups in total. The normalized spacial score (nSPS) is 15.1. The van der Waals surface area contributed by atoms with Gasteiger partial charge in [0.1, 0.15) is 0 Å². The number of rotatable bonds is 3. The SMILES string of the molecule is CN(C)C(=O)Cc1ccccc1N1CCCC1. The van der Waals surface area contributed by atoms with E-state index in [1.807, 2.05) is 6.07 Å². The minimum atomic E-state index is 0.164. The van der Waals surface area contributed by atoms with Gasteiger partial charge >= 0.3 is 0 Å². The van der Waals surface area contributed by atoms with E-state index in [-0.39, 0.29) is 5.91 Å². The number of hydrogen-bond donors (Lipinski definition) is 0. The number of anilines is 1. The van der Waals surface area contributed by atoms with Gasteiger partial charge in [0.05, 0.1) is 6.42 Å². The van der Waals surface area contributed by atoms with Crippen LogP contribution in [0.3, 0.4) is 0 Å². The summed E-state index contributed by atoms with van der Waals surface area (Å²) in [5, 5.41) is 0. The second-order valence-electron chi connectivity index (χ2n) is 4.79. The van der Waals surface area contributed by atoms with E-state index < -0.39 is 0 Å². The maximum absolute atomic E-state index is 11.8. The van der Waals surface area contributed by atoms with Gasteiger partial charge in [-0.2, -0.15) is 0 Å². The highest BCUT2D eigenvalue weighted by Crippen LogP contribution is 2.24. The summed E-state index contributed by atoms with van der Waals surface area (Å²) >= 11 is 0. The molecule has 0 radical (unpaired) electrons. The summed E-state index contributed by atoms with van der Waals surface area (Å²) in [6, 6.07) is 8.26. The number of amides is 1. The van der Waals surface area contributed by atoms with E-state index in [4.69, 9.17) is 0 Å². The molecule has 0 spiro atoms. The van der Waals surface area contributed by atoms with Crippen molar-refractivity contribution in [2.75, 3.05) is 32.1 Å². The Morgan fingerprint density at radius 3 is 2.53 bits per heavy atom. The Labute approximate surface area is 103 Å². The molecule has 1 aliphatic heterocycles. The van der Waals surface area contributed by atoms with Gasteiger partial charge < -0.3 is 9.80 Å². The molecule has 1 aliphatic rings. The Morgan fingerprint density at radius 2 is 1.88 bits per heavy atom. The van der Waals surface area contributed by atoms with Gasteiger partial charge in [0.25, 0.3) is 0 Å². The van der Waals surface area contributed by atoms with Crippen LogP contribution in [-0.2, 0) is 11.2 Å². The van der Waals surface area contributed by atoms with Crippen molar-refractivity contribution < 1.29 is 4.79 Å². The van der Waals surface area contributed by atoms with Crippen molar-refractivity contribution in [3.05, 3.63) is 29.8 Å². The van der Waals surface area contributed by atoms with Crippen molar-refractivity contribution in [2.24, 2.45) is 0 Å². The Kier molecular flexibility index (Phi) is 3.67. The summed E-state index contributed by atoms with van der Waals surface area (Å²) < 4.78 is 0. The summed E-state index contributed by atoms with van der Waals surface area (Å²) in [5.41, 5.74) is 2.38. The fraction of sp³-hybridized carbons (Fsp3) is 0.500. The number of nitrogens with zero attached hydrogens (tertiary/aromatic N) is 2. The molecule has 0 saturated carbocycles. The summed E-state index contributed by atoms with van der Waals surface area (Å²) in [6.07, 6.45) is 3.02. The van der Waals surface area contributed by atoms with E-state index in [1.54, 1.807) is 19.0 Å². The lowest BCUT2D eigenvalue weighted by Gasteiger charge is -2.21. The maximum Gasteiger partial charge on any atom is 0.226 e. The molecule has 1 saturated heterocycles. The van der Waals surface area contributed by atoms with E-state index in [0.29, 0.717) is 6.42 Å². The number of hydrogen-bond acceptors (Lipinski definition) is 2. The fourth-order valence-corrected chi connectivity index (χ4v) is 2.25. The largest absolute Gasteiger partial charge is 0.371 e. The Morgan fingerprint density at radius 1 is 1.24 bits per heavy atom. The second kappa shape index (κ2) is 5.21. The monoisotopic (exact) mass is 232 g/mol. The average Bonchev–Trinajstić information content (AvgIpc) is 2.83. The molecule has 1 heterocycles. The molecule has 0 aromatic heterocycles. The molecular weight excluding hydrogens is 212 g/mol. The first-order valence-electron chi connectivity index (χ1n) is 6.21. The zero-order valence-corrected chi connectivity index (χ0v) is 10.6. The third kappa shape index (κ3) is 2.78. The highest BCUT2D eigenvalue weighted by atomic mass is 16.2. The van der Waals surface area contributed by atoms with Crippen LogP contribution in [0.5, 0.6) is 0 Å². The molecule has 3 nitrogen and oxygen atoms in total. The van der Waals surface area contributed by atoms with Crippen LogP contribution >= 0.6 is 0 Å². The first-order valence-corrected chi connectivity index (χ1v) is 6.21. The lowest BCUT2D eigenvalue weighted by atomic mass is 10.1. The molecule has 2 rings (SSSR count). The van der Waals surface area contributed by atoms with Crippen molar-refractivity contribution >= 4 is 11.6 Å². The minimum absolute atomic E-state index is 0.164. The quantitative estimate of drug-likeness (QED) is 0.795. The average molecular weight is 232 g/mol. The van der Waals surface area contributed by atoms with Gasteiger partial charge in [-0.05, 0) is 24.5 Å². The van der Waals surface area contributed by atoms with Gasteiger partial charge in [0.15, 0.2) is 0 Å². The van der Waals surface area contributed by atoms with E-state index >= 15 is 0 Å². The van der Waals surface area contributed by atoms with Crippen LogP contribution in [0.1, 0.15) is 18.4 Å². The van der Waals surface area contributed by atoms with Crippen LogP contribution in [0.2, 0.25) is 0 Å². The highest BCUT2D eigenvalue weighted by Gasteiger charge is 2.17. The third-order valence-electron chi connectivity index (χ3n) is 3.28. The molecular formula is C14H20N2O. The Balaban J connectivity index is 2.18. The first kappa shape index (κ1) is 12.0. The first-order chi connectivity index (χ1) is 8.18. The van der Waals surface area contributed by atoms with Crippen LogP contribution in [0.25, 0.3) is 0 Å². The number of para-hydroxylation sites is 1. The molecule has 0 atom stereocenters. The zero-order chi connectivity index (χ0) is 12.3. The molecule has 1 aromatic carbocycles. The molecule has 1 amide bonds. The van der Waals surface area contributed by atoms with Gasteiger partial charge in [0, 0.05) is 32.9 Å². The Bertz CT molecular complexity index is 395. The van der Waals surface area contributed by atoms with Crippen LogP contribution in [0.15, 0.2) is 24.3 Å². The van der Waals surface area contributed by atoms with E-state index in [9.17, 15) is 4.79 Å². The molecule has 0 unspecified atom stereocenters. The lowest BCUT2D eigenvalue weighted by Crippen LogP contribution is -2.25. The van der Waals surface area contributed by atoms with Crippen LogP contribution < -0.4 is 4.90 Å². The van der Waals surface area contributed by atoms with Gasteiger partial charge in [0.2, 0.25) is 5.91 Å². The van der Waals surface area contributed by atoms with Crippen LogP contribution in [0, 0.1) is 0 Å². The van der Waals surface area contributed by atoms with Crippen LogP contribution in [0.4, 0.5) is 5.69 Å². The predicted octanol–water partition coefficient (Wildman–Crippen LogP) is 1.92. The lowest BCUT2D eigenvalue weighted by molar-refractivity contribution is -0.127. The summed E-state index contributed by atoms with van der Waals surface area (Å²) in [4.78, 5) is 15.8. The summed E-state index contributed by atoms with van der Waals surface area (Å²) in [7, 11) is 3.61. The van der Waals surface area contributed by atoms with E-state index in [1.165, 1.54) is 18.5 Å². The molecule has 1 aromatic rings. The Hall–Kier alpha value is -1.51.